The Morgan fingerprint density at radius 3 is 1.21 bits per heavy atom. The van der Waals surface area contributed by atoms with Crippen LogP contribution in [0.25, 0.3) is 45.8 Å². The van der Waals surface area contributed by atoms with Gasteiger partial charge in [0.1, 0.15) is 11.5 Å². The maximum absolute atomic E-state index is 6.62. The summed E-state index contributed by atoms with van der Waals surface area (Å²) in [5.74, 6) is 1.71. The molecule has 0 heterocycles. The molecule has 0 N–H and O–H groups in total. The van der Waals surface area contributed by atoms with Gasteiger partial charge in [0.2, 0.25) is 0 Å². The minimum absolute atomic E-state index is 0.853. The minimum Gasteiger partial charge on any atom is -0.456 e. The van der Waals surface area contributed by atoms with Crippen molar-refractivity contribution in [1.82, 2.24) is 0 Å². The molecule has 6 rings (SSSR count). The molecule has 1 nitrogen and oxygen atoms in total. The summed E-state index contributed by atoms with van der Waals surface area (Å²) in [7, 11) is 0. The molecule has 1 heteroatoms. The van der Waals surface area contributed by atoms with Crippen LogP contribution in [0.1, 0.15) is 33.4 Å². The minimum atomic E-state index is 0.853. The van der Waals surface area contributed by atoms with Crippen LogP contribution >= 0.6 is 0 Å². The predicted octanol–water partition coefficient (Wildman–Crippen LogP) is 10.7. The average molecular weight is 503 g/mol. The Morgan fingerprint density at radius 2 is 0.769 bits per heavy atom. The number of aryl methyl sites for hydroxylation is 2. The molecule has 39 heavy (non-hydrogen) atoms. The third-order valence-electron chi connectivity index (χ3n) is 7.12. The van der Waals surface area contributed by atoms with Gasteiger partial charge in [-0.2, -0.15) is 0 Å². The average Bonchev–Trinajstić information content (AvgIpc) is 2.97. The SMILES string of the molecule is Cc1ccc(C=Cc2cccc3c(Oc4cccc5c(C=Cc6ccc(C)cc6)cccc45)cccc23)cc1. The summed E-state index contributed by atoms with van der Waals surface area (Å²) in [4.78, 5) is 0. The first kappa shape index (κ1) is 24.5. The zero-order valence-electron chi connectivity index (χ0n) is 22.3. The summed E-state index contributed by atoms with van der Waals surface area (Å²) in [5.41, 5.74) is 7.24. The maximum Gasteiger partial charge on any atom is 0.135 e. The molecule has 0 fully saturated rings. The van der Waals surface area contributed by atoms with Gasteiger partial charge in [0.05, 0.1) is 0 Å². The van der Waals surface area contributed by atoms with Crippen molar-refractivity contribution in [2.75, 3.05) is 0 Å². The maximum atomic E-state index is 6.62. The fourth-order valence-electron chi connectivity index (χ4n) is 4.93. The molecule has 0 aromatic heterocycles. The van der Waals surface area contributed by atoms with Gasteiger partial charge in [-0.3, -0.25) is 0 Å². The first-order chi connectivity index (χ1) is 19.1. The molecule has 0 aliphatic carbocycles. The van der Waals surface area contributed by atoms with E-state index in [1.807, 2.05) is 0 Å². The molecule has 0 unspecified atom stereocenters. The second kappa shape index (κ2) is 10.8. The Morgan fingerprint density at radius 1 is 0.385 bits per heavy atom. The smallest absolute Gasteiger partial charge is 0.135 e. The van der Waals surface area contributed by atoms with Gasteiger partial charge in [0.25, 0.3) is 0 Å². The number of ether oxygens (including phenoxy) is 1. The fraction of sp³-hybridized carbons (Fsp3) is 0.0526. The zero-order valence-corrected chi connectivity index (χ0v) is 22.3. The first-order valence-electron chi connectivity index (χ1n) is 13.3. The monoisotopic (exact) mass is 502 g/mol. The van der Waals surface area contributed by atoms with E-state index in [0.717, 1.165) is 22.3 Å². The van der Waals surface area contributed by atoms with Crippen molar-refractivity contribution in [2.45, 2.75) is 13.8 Å². The Kier molecular flexibility index (Phi) is 6.80. The quantitative estimate of drug-likeness (QED) is 0.206. The van der Waals surface area contributed by atoms with E-state index in [4.69, 9.17) is 4.74 Å². The van der Waals surface area contributed by atoms with Gasteiger partial charge in [-0.25, -0.2) is 0 Å². The van der Waals surface area contributed by atoms with Crippen LogP contribution in [0.2, 0.25) is 0 Å². The van der Waals surface area contributed by atoms with Crippen LogP contribution in [-0.4, -0.2) is 0 Å². The highest BCUT2D eigenvalue weighted by Gasteiger charge is 2.09. The van der Waals surface area contributed by atoms with Gasteiger partial charge in [0.15, 0.2) is 0 Å². The third kappa shape index (κ3) is 5.39. The topological polar surface area (TPSA) is 9.23 Å². The van der Waals surface area contributed by atoms with Crippen molar-refractivity contribution in [1.29, 1.82) is 0 Å². The largest absolute Gasteiger partial charge is 0.456 e. The van der Waals surface area contributed by atoms with Gasteiger partial charge in [0, 0.05) is 10.8 Å². The second-order valence-electron chi connectivity index (χ2n) is 9.99. The van der Waals surface area contributed by atoms with Crippen LogP contribution in [0, 0.1) is 13.8 Å². The van der Waals surface area contributed by atoms with E-state index in [2.05, 4.69) is 159 Å². The van der Waals surface area contributed by atoms with Gasteiger partial charge in [-0.05, 0) is 59.0 Å². The lowest BCUT2D eigenvalue weighted by Gasteiger charge is -2.13. The molecule has 0 spiro atoms. The fourth-order valence-corrected chi connectivity index (χ4v) is 4.93. The van der Waals surface area contributed by atoms with Crippen molar-refractivity contribution in [2.24, 2.45) is 0 Å². The van der Waals surface area contributed by atoms with Gasteiger partial charge in [-0.1, -0.05) is 145 Å². The Labute approximate surface area is 230 Å². The van der Waals surface area contributed by atoms with E-state index in [-0.39, 0.29) is 0 Å². The molecule has 0 aliphatic heterocycles. The molecule has 0 amide bonds. The number of hydrogen-bond donors (Lipinski definition) is 0. The van der Waals surface area contributed by atoms with Crippen molar-refractivity contribution in [3.05, 3.63) is 155 Å². The van der Waals surface area contributed by atoms with Crippen molar-refractivity contribution in [3.8, 4) is 11.5 Å². The lowest BCUT2D eigenvalue weighted by molar-refractivity contribution is 0.494. The Hall–Kier alpha value is -4.88. The molecule has 0 aliphatic rings. The summed E-state index contributed by atoms with van der Waals surface area (Å²) in [6.07, 6.45) is 8.69. The van der Waals surface area contributed by atoms with Gasteiger partial charge in [-0.15, -0.1) is 0 Å². The van der Waals surface area contributed by atoms with Gasteiger partial charge >= 0.3 is 0 Å². The van der Waals surface area contributed by atoms with Crippen LogP contribution in [0.4, 0.5) is 0 Å². The Balaban J connectivity index is 1.34. The highest BCUT2D eigenvalue weighted by molar-refractivity contribution is 5.99. The molecule has 6 aromatic carbocycles. The third-order valence-corrected chi connectivity index (χ3v) is 7.12. The van der Waals surface area contributed by atoms with E-state index < -0.39 is 0 Å². The van der Waals surface area contributed by atoms with Crippen molar-refractivity contribution >= 4 is 45.8 Å². The number of fused-ring (bicyclic) bond motifs is 2. The summed E-state index contributed by atoms with van der Waals surface area (Å²) >= 11 is 0. The highest BCUT2D eigenvalue weighted by atomic mass is 16.5. The lowest BCUT2D eigenvalue weighted by atomic mass is 10.0. The van der Waals surface area contributed by atoms with Crippen LogP contribution in [0.15, 0.2) is 121 Å². The summed E-state index contributed by atoms with van der Waals surface area (Å²) < 4.78 is 6.62. The molecule has 0 bridgehead atoms. The molecule has 0 atom stereocenters. The molecular weight excluding hydrogens is 472 g/mol. The van der Waals surface area contributed by atoms with E-state index in [1.54, 1.807) is 0 Å². The Bertz CT molecular complexity index is 1680. The van der Waals surface area contributed by atoms with Gasteiger partial charge < -0.3 is 4.74 Å². The first-order valence-corrected chi connectivity index (χ1v) is 13.3. The number of benzene rings is 6. The van der Waals surface area contributed by atoms with E-state index in [1.165, 1.54) is 44.2 Å². The molecule has 0 radical (unpaired) electrons. The second-order valence-corrected chi connectivity index (χ2v) is 9.99. The lowest BCUT2D eigenvalue weighted by Crippen LogP contribution is -1.89. The van der Waals surface area contributed by atoms with Crippen LogP contribution in [0.5, 0.6) is 11.5 Å². The summed E-state index contributed by atoms with van der Waals surface area (Å²) in [6.45, 7) is 4.22. The van der Waals surface area contributed by atoms with E-state index >= 15 is 0 Å². The molecule has 0 saturated heterocycles. The molecule has 6 aromatic rings. The van der Waals surface area contributed by atoms with Crippen molar-refractivity contribution in [3.63, 3.8) is 0 Å². The molecule has 0 saturated carbocycles. The normalized spacial score (nSPS) is 11.6. The van der Waals surface area contributed by atoms with E-state index in [0.29, 0.717) is 0 Å². The molecular formula is C38H30O. The van der Waals surface area contributed by atoms with Crippen LogP contribution in [-0.2, 0) is 0 Å². The number of rotatable bonds is 6. The zero-order chi connectivity index (χ0) is 26.6. The predicted molar refractivity (Wildman–Crippen MR) is 168 cm³/mol. The van der Waals surface area contributed by atoms with Crippen LogP contribution < -0.4 is 4.74 Å². The summed E-state index contributed by atoms with van der Waals surface area (Å²) in [5, 5.41) is 4.52. The standard InChI is InChI=1S/C38H30O/c1-27-15-19-29(20-16-27)23-25-31-7-3-11-35-33(31)9-5-13-37(35)39-38-14-6-10-34-32(8-4-12-36(34)38)26-24-30-21-17-28(2)18-22-30/h3-26H,1-2H3. The van der Waals surface area contributed by atoms with E-state index in [9.17, 15) is 0 Å². The highest BCUT2D eigenvalue weighted by Crippen LogP contribution is 2.36. The number of hydrogen-bond acceptors (Lipinski definition) is 1. The molecule has 188 valence electrons. The summed E-state index contributed by atoms with van der Waals surface area (Å²) in [6, 6.07) is 42.5. The van der Waals surface area contributed by atoms with Crippen molar-refractivity contribution < 1.29 is 4.74 Å². The van der Waals surface area contributed by atoms with Crippen LogP contribution in [0.3, 0.4) is 0 Å².